The quantitative estimate of drug-likeness (QED) is 0.762. The summed E-state index contributed by atoms with van der Waals surface area (Å²) in [7, 11) is 0. The zero-order chi connectivity index (χ0) is 18.1. The number of rotatable bonds is 5. The molecular weight excluding hydrogens is 343 g/mol. The molecule has 1 unspecified atom stereocenters. The van der Waals surface area contributed by atoms with Crippen LogP contribution in [-0.2, 0) is 6.54 Å². The van der Waals surface area contributed by atoms with Gasteiger partial charge in [-0.1, -0.05) is 0 Å². The molecule has 0 saturated carbocycles. The number of aromatic nitrogens is 3. The number of nitrogens with one attached hydrogen (secondary N) is 1. The maximum Gasteiger partial charge on any atom is 0.161 e. The van der Waals surface area contributed by atoms with Crippen LogP contribution in [0.1, 0.15) is 17.3 Å². The van der Waals surface area contributed by atoms with Crippen LogP contribution in [0.5, 0.6) is 0 Å². The van der Waals surface area contributed by atoms with Gasteiger partial charge in [-0.15, -0.1) is 0 Å². The molecule has 1 aliphatic rings. The van der Waals surface area contributed by atoms with Gasteiger partial charge in [0, 0.05) is 42.8 Å². The Morgan fingerprint density at radius 3 is 2.77 bits per heavy atom. The summed E-state index contributed by atoms with van der Waals surface area (Å²) in [5, 5.41) is 3.12. The van der Waals surface area contributed by atoms with E-state index in [2.05, 4.69) is 27.7 Å². The third kappa shape index (κ3) is 2.92. The third-order valence-electron chi connectivity index (χ3n) is 4.22. The van der Waals surface area contributed by atoms with Gasteiger partial charge < -0.3 is 10.2 Å². The van der Waals surface area contributed by atoms with E-state index in [4.69, 9.17) is 0 Å². The van der Waals surface area contributed by atoms with E-state index in [-0.39, 0.29) is 6.54 Å². The molecule has 1 atom stereocenters. The number of alkyl halides is 1. The van der Waals surface area contributed by atoms with Crippen molar-refractivity contribution in [1.82, 2.24) is 14.5 Å². The van der Waals surface area contributed by atoms with Crippen LogP contribution in [-0.4, -0.2) is 27.8 Å². The summed E-state index contributed by atoms with van der Waals surface area (Å²) >= 11 is 0. The normalized spacial score (nSPS) is 15.5. The molecule has 5 nitrogen and oxygen atoms in total. The van der Waals surface area contributed by atoms with Crippen molar-refractivity contribution in [3.8, 4) is 0 Å². The highest BCUT2D eigenvalue weighted by Crippen LogP contribution is 2.42. The molecule has 3 aromatic rings. The Labute approximate surface area is 148 Å². The molecule has 2 aromatic heterocycles. The maximum atomic E-state index is 13.6. The predicted molar refractivity (Wildman–Crippen MR) is 89.3 cm³/mol. The summed E-state index contributed by atoms with van der Waals surface area (Å²) < 4.78 is 42.0. The third-order valence-corrected chi connectivity index (χ3v) is 4.22. The molecule has 0 spiro atoms. The van der Waals surface area contributed by atoms with E-state index in [1.54, 1.807) is 28.2 Å². The molecule has 0 radical (unpaired) electrons. The van der Waals surface area contributed by atoms with Crippen molar-refractivity contribution >= 4 is 11.4 Å². The Kier molecular flexibility index (Phi) is 4.13. The van der Waals surface area contributed by atoms with Gasteiger partial charge in [0.1, 0.15) is 19.2 Å². The van der Waals surface area contributed by atoms with Crippen LogP contribution >= 0.6 is 0 Å². The number of fused-ring (bicyclic) bond motifs is 1. The minimum absolute atomic E-state index is 0.0459. The van der Waals surface area contributed by atoms with E-state index in [0.717, 1.165) is 23.3 Å². The minimum Gasteiger partial charge on any atom is -0.360 e. The van der Waals surface area contributed by atoms with E-state index in [1.165, 1.54) is 0 Å². The molecule has 8 heteroatoms. The highest BCUT2D eigenvalue weighted by atomic mass is 19.2. The van der Waals surface area contributed by atoms with Crippen molar-refractivity contribution < 1.29 is 13.2 Å². The second-order valence-electron chi connectivity index (χ2n) is 5.94. The molecule has 26 heavy (non-hydrogen) atoms. The molecule has 1 N–H and O–H groups in total. The first-order chi connectivity index (χ1) is 12.7. The van der Waals surface area contributed by atoms with Crippen molar-refractivity contribution in [1.29, 1.82) is 0 Å². The van der Waals surface area contributed by atoms with Gasteiger partial charge in [0.05, 0.1) is 24.1 Å². The lowest BCUT2D eigenvalue weighted by molar-refractivity contribution is 0.481. The van der Waals surface area contributed by atoms with E-state index < -0.39 is 24.5 Å². The molecule has 0 amide bonds. The maximum absolute atomic E-state index is 13.6. The van der Waals surface area contributed by atoms with Crippen molar-refractivity contribution in [3.63, 3.8) is 0 Å². The molecule has 1 aromatic carbocycles. The first kappa shape index (κ1) is 16.3. The van der Waals surface area contributed by atoms with Gasteiger partial charge in [-0.05, 0) is 11.6 Å². The zero-order valence-electron chi connectivity index (χ0n) is 13.6. The van der Waals surface area contributed by atoms with Gasteiger partial charge in [-0.3, -0.25) is 9.55 Å². The highest BCUT2D eigenvalue weighted by molar-refractivity contribution is 5.77. The van der Waals surface area contributed by atoms with Crippen LogP contribution in [0.3, 0.4) is 0 Å². The minimum atomic E-state index is -0.964. The van der Waals surface area contributed by atoms with Crippen LogP contribution in [0.4, 0.5) is 24.5 Å². The average Bonchev–Trinajstić information content (AvgIpc) is 3.25. The van der Waals surface area contributed by atoms with Gasteiger partial charge in [0.2, 0.25) is 0 Å². The predicted octanol–water partition coefficient (Wildman–Crippen LogP) is 3.11. The Morgan fingerprint density at radius 2 is 2.00 bits per heavy atom. The fourth-order valence-electron chi connectivity index (χ4n) is 3.10. The van der Waals surface area contributed by atoms with Crippen LogP contribution in [0, 0.1) is 24.0 Å². The average molecular weight is 357 g/mol. The fraction of sp³-hybridized carbons (Fsp3) is 0.222. The number of halogens is 3. The SMILES string of the molecule is FCCN1c2cc(F)c(F)cc2NC1c1cncc(Cn2c#cnc2)c1. The molecule has 132 valence electrons. The first-order valence-electron chi connectivity index (χ1n) is 7.98. The number of pyridine rings is 1. The molecule has 1 aliphatic heterocycles. The van der Waals surface area contributed by atoms with Gasteiger partial charge in [0.25, 0.3) is 0 Å². The monoisotopic (exact) mass is 357 g/mol. The van der Waals surface area contributed by atoms with Gasteiger partial charge in [0.15, 0.2) is 11.6 Å². The fourth-order valence-corrected chi connectivity index (χ4v) is 3.10. The number of hydrogen-bond acceptors (Lipinski definition) is 4. The molecule has 0 fully saturated rings. The topological polar surface area (TPSA) is 46.0 Å². The Morgan fingerprint density at radius 1 is 1.15 bits per heavy atom. The first-order valence-corrected chi connectivity index (χ1v) is 7.98. The summed E-state index contributed by atoms with van der Waals surface area (Å²) in [6, 6.07) is 4.08. The Bertz CT molecular complexity index is 913. The molecule has 4 rings (SSSR count). The number of nitrogens with zero attached hydrogens (tertiary/aromatic N) is 4. The van der Waals surface area contributed by atoms with Crippen molar-refractivity contribution in [2.24, 2.45) is 0 Å². The van der Waals surface area contributed by atoms with Crippen LogP contribution in [0.15, 0.2) is 36.9 Å². The van der Waals surface area contributed by atoms with E-state index >= 15 is 0 Å². The van der Waals surface area contributed by atoms with E-state index in [1.807, 2.05) is 6.07 Å². The van der Waals surface area contributed by atoms with E-state index in [9.17, 15) is 13.2 Å². The molecule has 0 bridgehead atoms. The summed E-state index contributed by atoms with van der Waals surface area (Å²) in [6.07, 6.45) is 9.91. The number of benzene rings is 1. The largest absolute Gasteiger partial charge is 0.360 e. The molecule has 0 aliphatic carbocycles. The van der Waals surface area contributed by atoms with Crippen LogP contribution < -0.4 is 10.2 Å². The second kappa shape index (κ2) is 6.59. The van der Waals surface area contributed by atoms with Gasteiger partial charge in [-0.25, -0.2) is 13.2 Å². The van der Waals surface area contributed by atoms with Crippen molar-refractivity contribution in [2.45, 2.75) is 12.7 Å². The molecule has 0 saturated heterocycles. The Balaban J connectivity index is 1.66. The van der Waals surface area contributed by atoms with E-state index in [0.29, 0.717) is 17.9 Å². The lowest BCUT2D eigenvalue weighted by Crippen LogP contribution is -2.30. The number of anilines is 2. The van der Waals surface area contributed by atoms with Gasteiger partial charge >= 0.3 is 0 Å². The molecular formula is C18H14F3N5. The summed E-state index contributed by atoms with van der Waals surface area (Å²) in [4.78, 5) is 9.73. The lowest BCUT2D eigenvalue weighted by Gasteiger charge is -2.26. The summed E-state index contributed by atoms with van der Waals surface area (Å²) in [5.74, 6) is -1.91. The lowest BCUT2D eigenvalue weighted by atomic mass is 10.1. The number of hydrogen-bond donors (Lipinski definition) is 1. The van der Waals surface area contributed by atoms with Crippen LogP contribution in [0.25, 0.3) is 0 Å². The summed E-state index contributed by atoms with van der Waals surface area (Å²) in [5.41, 5.74) is 2.50. The smallest absolute Gasteiger partial charge is 0.161 e. The standard InChI is InChI=1S/C18H14F3N5/c19-1-3-26-17-7-15(21)14(20)6-16(17)24-18(26)13-5-12(8-23-9-13)10-25-4-2-22-11-25/h5-9,11,18,24H,1,3,10H2. The Hall–Kier alpha value is -3.21. The summed E-state index contributed by atoms with van der Waals surface area (Å²) in [6.45, 7) is -0.0723. The van der Waals surface area contributed by atoms with Crippen molar-refractivity contribution in [2.75, 3.05) is 23.4 Å². The highest BCUT2D eigenvalue weighted by Gasteiger charge is 2.31. The second-order valence-corrected chi connectivity index (χ2v) is 5.94. The zero-order valence-corrected chi connectivity index (χ0v) is 13.6. The van der Waals surface area contributed by atoms with Crippen LogP contribution in [0.2, 0.25) is 0 Å². The van der Waals surface area contributed by atoms with Crippen molar-refractivity contribution in [3.05, 3.63) is 72.1 Å². The van der Waals surface area contributed by atoms with Gasteiger partial charge in [-0.2, -0.15) is 4.98 Å². The molecule has 3 heterocycles.